The van der Waals surface area contributed by atoms with Crippen molar-refractivity contribution < 1.29 is 9.50 Å². The minimum Gasteiger partial charge on any atom is -0.392 e. The molecule has 70 valence electrons. The monoisotopic (exact) mass is 180 g/mol. The summed E-state index contributed by atoms with van der Waals surface area (Å²) in [6, 6.07) is 6.46. The van der Waals surface area contributed by atoms with Crippen molar-refractivity contribution in [3.63, 3.8) is 0 Å². The fourth-order valence-corrected chi connectivity index (χ4v) is 2.04. The Balaban J connectivity index is 2.20. The van der Waals surface area contributed by atoms with Gasteiger partial charge in [0.1, 0.15) is 5.82 Å². The van der Waals surface area contributed by atoms with Crippen molar-refractivity contribution in [1.82, 2.24) is 0 Å². The van der Waals surface area contributed by atoms with Crippen LogP contribution >= 0.6 is 0 Å². The maximum atomic E-state index is 12.6. The van der Waals surface area contributed by atoms with Gasteiger partial charge in [0.15, 0.2) is 0 Å². The summed E-state index contributed by atoms with van der Waals surface area (Å²) >= 11 is 0. The van der Waals surface area contributed by atoms with Gasteiger partial charge in [0.2, 0.25) is 0 Å². The lowest BCUT2D eigenvalue weighted by molar-refractivity contribution is 0.164. The van der Waals surface area contributed by atoms with Crippen LogP contribution in [0.15, 0.2) is 24.3 Å². The lowest BCUT2D eigenvalue weighted by Crippen LogP contribution is -2.10. The molecule has 13 heavy (non-hydrogen) atoms. The van der Waals surface area contributed by atoms with E-state index >= 15 is 0 Å². The molecule has 0 spiro atoms. The Bertz CT molecular complexity index is 281. The number of benzene rings is 1. The van der Waals surface area contributed by atoms with Gasteiger partial charge in [-0.1, -0.05) is 18.6 Å². The zero-order chi connectivity index (χ0) is 9.26. The van der Waals surface area contributed by atoms with E-state index in [0.717, 1.165) is 24.8 Å². The summed E-state index contributed by atoms with van der Waals surface area (Å²) in [4.78, 5) is 0. The third-order valence-electron chi connectivity index (χ3n) is 2.78. The van der Waals surface area contributed by atoms with Crippen molar-refractivity contribution in [2.45, 2.75) is 31.3 Å². The largest absolute Gasteiger partial charge is 0.392 e. The van der Waals surface area contributed by atoms with Gasteiger partial charge < -0.3 is 5.11 Å². The van der Waals surface area contributed by atoms with Crippen LogP contribution in [0.3, 0.4) is 0 Å². The molecule has 2 atom stereocenters. The first-order valence-electron chi connectivity index (χ1n) is 4.71. The third kappa shape index (κ3) is 1.73. The fraction of sp³-hybridized carbons (Fsp3) is 0.455. The lowest BCUT2D eigenvalue weighted by Gasteiger charge is -2.14. The Kier molecular flexibility index (Phi) is 2.32. The van der Waals surface area contributed by atoms with Crippen molar-refractivity contribution >= 4 is 0 Å². The van der Waals surface area contributed by atoms with Crippen LogP contribution in [0.2, 0.25) is 0 Å². The molecule has 0 unspecified atom stereocenters. The Morgan fingerprint density at radius 2 is 1.85 bits per heavy atom. The van der Waals surface area contributed by atoms with Gasteiger partial charge in [-0.3, -0.25) is 0 Å². The second-order valence-electron chi connectivity index (χ2n) is 3.66. The van der Waals surface area contributed by atoms with E-state index in [1.54, 1.807) is 12.1 Å². The van der Waals surface area contributed by atoms with E-state index in [0.29, 0.717) is 0 Å². The zero-order valence-electron chi connectivity index (χ0n) is 7.41. The van der Waals surface area contributed by atoms with Crippen LogP contribution in [0.1, 0.15) is 30.7 Å². The summed E-state index contributed by atoms with van der Waals surface area (Å²) in [5.41, 5.74) is 1.06. The van der Waals surface area contributed by atoms with E-state index in [9.17, 15) is 9.50 Å². The molecule has 1 saturated carbocycles. The number of aliphatic hydroxyl groups is 1. The van der Waals surface area contributed by atoms with Crippen molar-refractivity contribution in [1.29, 1.82) is 0 Å². The van der Waals surface area contributed by atoms with Gasteiger partial charge in [-0.25, -0.2) is 4.39 Å². The van der Waals surface area contributed by atoms with E-state index in [-0.39, 0.29) is 17.8 Å². The van der Waals surface area contributed by atoms with Crippen LogP contribution in [0.4, 0.5) is 4.39 Å². The highest BCUT2D eigenvalue weighted by molar-refractivity contribution is 5.22. The molecule has 0 heterocycles. The highest BCUT2D eigenvalue weighted by atomic mass is 19.1. The molecule has 1 nitrogen and oxygen atoms in total. The van der Waals surface area contributed by atoms with Gasteiger partial charge in [-0.15, -0.1) is 0 Å². The van der Waals surface area contributed by atoms with Crippen LogP contribution in [0, 0.1) is 5.82 Å². The molecule has 2 rings (SSSR count). The van der Waals surface area contributed by atoms with Gasteiger partial charge >= 0.3 is 0 Å². The van der Waals surface area contributed by atoms with E-state index in [1.807, 2.05) is 0 Å². The van der Waals surface area contributed by atoms with E-state index < -0.39 is 0 Å². The first-order chi connectivity index (χ1) is 6.27. The number of halogens is 1. The van der Waals surface area contributed by atoms with Gasteiger partial charge in [0.25, 0.3) is 0 Å². The molecule has 0 aliphatic heterocycles. The molecule has 2 heteroatoms. The Hall–Kier alpha value is -0.890. The van der Waals surface area contributed by atoms with Crippen molar-refractivity contribution in [3.05, 3.63) is 35.6 Å². The average Bonchev–Trinajstić information content (AvgIpc) is 2.53. The highest BCUT2D eigenvalue weighted by Crippen LogP contribution is 2.34. The fourth-order valence-electron chi connectivity index (χ4n) is 2.04. The molecule has 0 saturated heterocycles. The van der Waals surface area contributed by atoms with E-state index in [2.05, 4.69) is 0 Å². The molecule has 0 bridgehead atoms. The average molecular weight is 180 g/mol. The summed E-state index contributed by atoms with van der Waals surface area (Å²) in [6.07, 6.45) is 2.74. The minimum absolute atomic E-state index is 0.212. The molecule has 1 aliphatic carbocycles. The van der Waals surface area contributed by atoms with Gasteiger partial charge in [-0.05, 0) is 30.5 Å². The molecule has 0 radical (unpaired) electrons. The Labute approximate surface area is 77.2 Å². The first-order valence-corrected chi connectivity index (χ1v) is 4.71. The quantitative estimate of drug-likeness (QED) is 0.703. The van der Waals surface area contributed by atoms with Crippen molar-refractivity contribution in [3.8, 4) is 0 Å². The van der Waals surface area contributed by atoms with Crippen LogP contribution in [-0.4, -0.2) is 11.2 Å². The van der Waals surface area contributed by atoms with Gasteiger partial charge in [-0.2, -0.15) is 0 Å². The second-order valence-corrected chi connectivity index (χ2v) is 3.66. The molecule has 1 N–H and O–H groups in total. The molecule has 0 aromatic heterocycles. The molecular weight excluding hydrogens is 167 g/mol. The minimum atomic E-state index is -0.231. The highest BCUT2D eigenvalue weighted by Gasteiger charge is 2.26. The van der Waals surface area contributed by atoms with Crippen LogP contribution in [0.5, 0.6) is 0 Å². The zero-order valence-corrected chi connectivity index (χ0v) is 7.41. The summed E-state index contributed by atoms with van der Waals surface area (Å²) in [6.45, 7) is 0. The van der Waals surface area contributed by atoms with Crippen molar-refractivity contribution in [2.24, 2.45) is 0 Å². The van der Waals surface area contributed by atoms with Crippen molar-refractivity contribution in [2.75, 3.05) is 0 Å². The summed E-state index contributed by atoms with van der Waals surface area (Å²) in [7, 11) is 0. The molecule has 1 aromatic carbocycles. The molecule has 1 aromatic rings. The molecule has 0 amide bonds. The smallest absolute Gasteiger partial charge is 0.123 e. The normalized spacial score (nSPS) is 27.8. The van der Waals surface area contributed by atoms with Crippen LogP contribution in [0.25, 0.3) is 0 Å². The standard InChI is InChI=1S/C11H13FO/c12-9-6-4-8(5-7-9)10-2-1-3-11(10)13/h4-7,10-11,13H,1-3H2/t10-,11+/m1/s1. The summed E-state index contributed by atoms with van der Waals surface area (Å²) < 4.78 is 12.6. The summed E-state index contributed by atoms with van der Waals surface area (Å²) in [5.74, 6) is 0.0110. The lowest BCUT2D eigenvalue weighted by atomic mass is 9.96. The van der Waals surface area contributed by atoms with Gasteiger partial charge in [0.05, 0.1) is 6.10 Å². The second kappa shape index (κ2) is 3.46. The predicted molar refractivity (Wildman–Crippen MR) is 49.0 cm³/mol. The SMILES string of the molecule is O[C@H]1CCC[C@@H]1c1ccc(F)cc1. The van der Waals surface area contributed by atoms with E-state index in [1.165, 1.54) is 12.1 Å². The Morgan fingerprint density at radius 1 is 1.15 bits per heavy atom. The number of aliphatic hydroxyl groups excluding tert-OH is 1. The topological polar surface area (TPSA) is 20.2 Å². The number of rotatable bonds is 1. The Morgan fingerprint density at radius 3 is 2.38 bits per heavy atom. The number of hydrogen-bond acceptors (Lipinski definition) is 1. The molecule has 1 aliphatic rings. The number of hydrogen-bond donors (Lipinski definition) is 1. The predicted octanol–water partition coefficient (Wildman–Crippen LogP) is 2.45. The third-order valence-corrected chi connectivity index (χ3v) is 2.78. The molecular formula is C11H13FO. The molecule has 1 fully saturated rings. The maximum Gasteiger partial charge on any atom is 0.123 e. The van der Waals surface area contributed by atoms with E-state index in [4.69, 9.17) is 0 Å². The summed E-state index contributed by atoms with van der Waals surface area (Å²) in [5, 5.41) is 9.62. The first kappa shape index (κ1) is 8.70. The van der Waals surface area contributed by atoms with Crippen LogP contribution in [-0.2, 0) is 0 Å². The van der Waals surface area contributed by atoms with Gasteiger partial charge in [0, 0.05) is 5.92 Å². The van der Waals surface area contributed by atoms with Crippen LogP contribution < -0.4 is 0 Å². The maximum absolute atomic E-state index is 12.6.